The molecular weight excluding hydrogens is 464 g/mol. The SMILES string of the molecule is COC(=O)C(C(=O)OC)=C(/C=C(/c1ccccc1)C(C)(C)C)N1CCN(c2ccc(Cl)cc2)CC1. The van der Waals surface area contributed by atoms with Gasteiger partial charge in [-0.25, -0.2) is 9.59 Å². The second kappa shape index (κ2) is 11.5. The molecule has 1 fully saturated rings. The summed E-state index contributed by atoms with van der Waals surface area (Å²) in [7, 11) is 2.54. The molecule has 3 rings (SSSR count). The van der Waals surface area contributed by atoms with Crippen molar-refractivity contribution in [3.05, 3.63) is 82.5 Å². The number of carbonyl (C=O) groups excluding carboxylic acids is 2. The molecule has 0 unspecified atom stereocenters. The van der Waals surface area contributed by atoms with E-state index in [2.05, 4.69) is 30.6 Å². The summed E-state index contributed by atoms with van der Waals surface area (Å²) >= 11 is 6.05. The Morgan fingerprint density at radius 1 is 0.857 bits per heavy atom. The molecule has 7 heteroatoms. The third-order valence-corrected chi connectivity index (χ3v) is 6.27. The first kappa shape index (κ1) is 26.4. The number of ether oxygens (including phenoxy) is 2. The molecule has 1 aliphatic rings. The molecule has 1 saturated heterocycles. The summed E-state index contributed by atoms with van der Waals surface area (Å²) in [6.45, 7) is 8.97. The molecule has 0 amide bonds. The summed E-state index contributed by atoms with van der Waals surface area (Å²) in [5.41, 5.74) is 3.25. The number of nitrogens with zero attached hydrogens (tertiary/aromatic N) is 2. The number of hydrogen-bond acceptors (Lipinski definition) is 6. The number of hydrogen-bond donors (Lipinski definition) is 0. The summed E-state index contributed by atoms with van der Waals surface area (Å²) < 4.78 is 10.0. The van der Waals surface area contributed by atoms with Crippen LogP contribution in [0.2, 0.25) is 5.02 Å². The maximum Gasteiger partial charge on any atom is 0.347 e. The summed E-state index contributed by atoms with van der Waals surface area (Å²) in [4.78, 5) is 30.0. The second-order valence-electron chi connectivity index (χ2n) is 9.37. The Balaban J connectivity index is 2.08. The lowest BCUT2D eigenvalue weighted by atomic mass is 9.81. The van der Waals surface area contributed by atoms with Crippen molar-refractivity contribution in [3.8, 4) is 0 Å². The number of halogens is 1. The summed E-state index contributed by atoms with van der Waals surface area (Å²) in [6.07, 6.45) is 1.94. The normalized spacial score (nSPS) is 14.4. The molecule has 0 saturated carbocycles. The molecule has 1 aliphatic heterocycles. The molecule has 0 N–H and O–H groups in total. The first-order valence-corrected chi connectivity index (χ1v) is 12.0. The molecule has 2 aromatic rings. The highest BCUT2D eigenvalue weighted by Gasteiger charge is 2.31. The molecule has 1 heterocycles. The van der Waals surface area contributed by atoms with E-state index in [1.54, 1.807) is 0 Å². The van der Waals surface area contributed by atoms with E-state index >= 15 is 0 Å². The van der Waals surface area contributed by atoms with Gasteiger partial charge in [0.25, 0.3) is 0 Å². The highest BCUT2D eigenvalue weighted by Crippen LogP contribution is 2.36. The fraction of sp³-hybridized carbons (Fsp3) is 0.357. The van der Waals surface area contributed by atoms with Crippen molar-refractivity contribution in [3.63, 3.8) is 0 Å². The van der Waals surface area contributed by atoms with Crippen LogP contribution in [0.1, 0.15) is 26.3 Å². The van der Waals surface area contributed by atoms with Crippen molar-refractivity contribution >= 4 is 34.8 Å². The van der Waals surface area contributed by atoms with E-state index in [9.17, 15) is 9.59 Å². The zero-order valence-electron chi connectivity index (χ0n) is 21.0. The van der Waals surface area contributed by atoms with Gasteiger partial charge in [-0.2, -0.15) is 0 Å². The second-order valence-corrected chi connectivity index (χ2v) is 9.80. The smallest absolute Gasteiger partial charge is 0.347 e. The molecule has 6 nitrogen and oxygen atoms in total. The molecule has 0 radical (unpaired) electrons. The van der Waals surface area contributed by atoms with Gasteiger partial charge in [-0.15, -0.1) is 0 Å². The third-order valence-electron chi connectivity index (χ3n) is 6.02. The van der Waals surface area contributed by atoms with E-state index in [0.717, 1.165) is 16.8 Å². The van der Waals surface area contributed by atoms with Crippen molar-refractivity contribution in [2.45, 2.75) is 20.8 Å². The zero-order valence-corrected chi connectivity index (χ0v) is 21.8. The number of esters is 2. The van der Waals surface area contributed by atoms with E-state index < -0.39 is 11.9 Å². The van der Waals surface area contributed by atoms with Gasteiger partial charge in [0.05, 0.1) is 19.9 Å². The van der Waals surface area contributed by atoms with Crippen LogP contribution in [0.5, 0.6) is 0 Å². The van der Waals surface area contributed by atoms with Crippen molar-refractivity contribution in [1.82, 2.24) is 4.90 Å². The van der Waals surface area contributed by atoms with Crippen molar-refractivity contribution in [2.75, 3.05) is 45.3 Å². The Morgan fingerprint density at radius 2 is 1.40 bits per heavy atom. The van der Waals surface area contributed by atoms with Crippen LogP contribution in [0, 0.1) is 5.41 Å². The Labute approximate surface area is 212 Å². The number of benzene rings is 2. The Kier molecular flexibility index (Phi) is 8.62. The highest BCUT2D eigenvalue weighted by molar-refractivity contribution is 6.30. The maximum atomic E-state index is 12.8. The van der Waals surface area contributed by atoms with Gasteiger partial charge in [0.1, 0.15) is 0 Å². The Bertz CT molecular complexity index is 1080. The molecule has 0 aliphatic carbocycles. The van der Waals surface area contributed by atoms with E-state index in [-0.39, 0.29) is 11.0 Å². The van der Waals surface area contributed by atoms with E-state index in [0.29, 0.717) is 36.9 Å². The van der Waals surface area contributed by atoms with Crippen LogP contribution in [0.25, 0.3) is 5.57 Å². The van der Waals surface area contributed by atoms with Crippen molar-refractivity contribution in [2.24, 2.45) is 5.41 Å². The topological polar surface area (TPSA) is 59.1 Å². The van der Waals surface area contributed by atoms with E-state index in [1.807, 2.05) is 60.7 Å². The van der Waals surface area contributed by atoms with Crippen LogP contribution in [0.15, 0.2) is 71.9 Å². The molecule has 0 spiro atoms. The van der Waals surface area contributed by atoms with Gasteiger partial charge in [0.2, 0.25) is 0 Å². The first-order valence-electron chi connectivity index (χ1n) is 11.6. The molecule has 0 aromatic heterocycles. The number of anilines is 1. The monoisotopic (exact) mass is 496 g/mol. The molecule has 0 bridgehead atoms. The predicted octanol–water partition coefficient (Wildman–Crippen LogP) is 5.19. The fourth-order valence-electron chi connectivity index (χ4n) is 4.16. The lowest BCUT2D eigenvalue weighted by Crippen LogP contribution is -2.46. The van der Waals surface area contributed by atoms with Crippen LogP contribution in [0.3, 0.4) is 0 Å². The van der Waals surface area contributed by atoms with Gasteiger partial charge >= 0.3 is 11.9 Å². The molecule has 186 valence electrons. The van der Waals surface area contributed by atoms with Crippen LogP contribution >= 0.6 is 11.6 Å². The maximum absolute atomic E-state index is 12.8. The molecule has 2 aromatic carbocycles. The fourth-order valence-corrected chi connectivity index (χ4v) is 4.29. The summed E-state index contributed by atoms with van der Waals surface area (Å²) in [5.74, 6) is -1.44. The number of rotatable bonds is 6. The minimum Gasteiger partial charge on any atom is -0.465 e. The van der Waals surface area contributed by atoms with Gasteiger partial charge in [-0.3, -0.25) is 0 Å². The highest BCUT2D eigenvalue weighted by atomic mass is 35.5. The number of allylic oxidation sites excluding steroid dienone is 2. The predicted molar refractivity (Wildman–Crippen MR) is 140 cm³/mol. The van der Waals surface area contributed by atoms with Crippen LogP contribution in [0.4, 0.5) is 5.69 Å². The standard InChI is InChI=1S/C28H33ClN2O4/c1-28(2,3)23(20-9-7-6-8-10-20)19-24(25(26(32)34-4)27(33)35-5)31-17-15-30(16-18-31)22-13-11-21(29)12-14-22/h6-14,19H,15-18H2,1-5H3/b23-19-. The number of piperazine rings is 1. The molecule has 0 atom stereocenters. The third kappa shape index (κ3) is 6.45. The van der Waals surface area contributed by atoms with Crippen molar-refractivity contribution in [1.29, 1.82) is 0 Å². The van der Waals surface area contributed by atoms with E-state index in [1.165, 1.54) is 14.2 Å². The van der Waals surface area contributed by atoms with Crippen LogP contribution in [-0.2, 0) is 19.1 Å². The van der Waals surface area contributed by atoms with Gasteiger partial charge in [-0.1, -0.05) is 62.7 Å². The van der Waals surface area contributed by atoms with Gasteiger partial charge in [-0.05, 0) is 46.9 Å². The number of carbonyl (C=O) groups is 2. The van der Waals surface area contributed by atoms with Crippen LogP contribution in [-0.4, -0.2) is 57.2 Å². The minimum atomic E-state index is -0.718. The Morgan fingerprint density at radius 3 is 1.89 bits per heavy atom. The molecule has 35 heavy (non-hydrogen) atoms. The Hall–Kier alpha value is -3.25. The van der Waals surface area contributed by atoms with E-state index in [4.69, 9.17) is 21.1 Å². The lowest BCUT2D eigenvalue weighted by molar-refractivity contribution is -0.144. The first-order chi connectivity index (χ1) is 16.7. The quantitative estimate of drug-likeness (QED) is 0.180. The van der Waals surface area contributed by atoms with Crippen molar-refractivity contribution < 1.29 is 19.1 Å². The summed E-state index contributed by atoms with van der Waals surface area (Å²) in [5, 5.41) is 0.694. The molecular formula is C28H33ClN2O4. The van der Waals surface area contributed by atoms with Gasteiger partial charge in [0, 0.05) is 36.9 Å². The number of methoxy groups -OCH3 is 2. The van der Waals surface area contributed by atoms with Crippen LogP contribution < -0.4 is 4.90 Å². The average Bonchev–Trinajstić information content (AvgIpc) is 2.86. The largest absolute Gasteiger partial charge is 0.465 e. The zero-order chi connectivity index (χ0) is 25.6. The minimum absolute atomic E-state index is 0.104. The average molecular weight is 497 g/mol. The van der Waals surface area contributed by atoms with Gasteiger partial charge < -0.3 is 19.3 Å². The van der Waals surface area contributed by atoms with Gasteiger partial charge in [0.15, 0.2) is 5.57 Å². The summed E-state index contributed by atoms with van der Waals surface area (Å²) in [6, 6.07) is 17.7. The lowest BCUT2D eigenvalue weighted by Gasteiger charge is -2.39.